The second-order valence-corrected chi connectivity index (χ2v) is 3.75. The second kappa shape index (κ2) is 4.96. The molecule has 2 aromatic carbocycles. The van der Waals surface area contributed by atoms with Crippen LogP contribution >= 0.6 is 0 Å². The molecule has 0 aliphatic rings. The van der Waals surface area contributed by atoms with Gasteiger partial charge in [-0.15, -0.1) is 0 Å². The van der Waals surface area contributed by atoms with E-state index in [1.165, 1.54) is 49.5 Å². The van der Waals surface area contributed by atoms with Crippen molar-refractivity contribution in [2.75, 3.05) is 7.05 Å². The highest BCUT2D eigenvalue weighted by atomic mass is 19.1. The van der Waals surface area contributed by atoms with Crippen molar-refractivity contribution in [3.05, 3.63) is 59.7 Å². The van der Waals surface area contributed by atoms with E-state index in [1.807, 2.05) is 0 Å². The highest BCUT2D eigenvalue weighted by Gasteiger charge is 2.11. The predicted octanol–water partition coefficient (Wildman–Crippen LogP) is 2.99. The number of rotatable bonds is 2. The van der Waals surface area contributed by atoms with E-state index >= 15 is 0 Å². The van der Waals surface area contributed by atoms with Crippen molar-refractivity contribution in [2.45, 2.75) is 0 Å². The van der Waals surface area contributed by atoms with Crippen LogP contribution in [0.25, 0.3) is 11.1 Å². The maximum absolute atomic E-state index is 13.5. The summed E-state index contributed by atoms with van der Waals surface area (Å²) in [5.41, 5.74) is 0.761. The molecule has 0 unspecified atom stereocenters. The Morgan fingerprint density at radius 2 is 1.56 bits per heavy atom. The fourth-order valence-electron chi connectivity index (χ4n) is 1.71. The fourth-order valence-corrected chi connectivity index (χ4v) is 1.71. The molecule has 0 spiro atoms. The summed E-state index contributed by atoms with van der Waals surface area (Å²) in [5.74, 6) is -1.49. The van der Waals surface area contributed by atoms with Crippen LogP contribution < -0.4 is 5.32 Å². The van der Waals surface area contributed by atoms with Crippen molar-refractivity contribution in [1.29, 1.82) is 0 Å². The molecule has 2 aromatic rings. The van der Waals surface area contributed by atoms with Crippen molar-refractivity contribution in [3.8, 4) is 11.1 Å². The van der Waals surface area contributed by atoms with Crippen LogP contribution in [0.3, 0.4) is 0 Å². The molecule has 0 aliphatic heterocycles. The molecular formula is C14H11F2NO. The predicted molar refractivity (Wildman–Crippen MR) is 65.2 cm³/mol. The zero-order valence-corrected chi connectivity index (χ0v) is 9.71. The molecule has 0 saturated heterocycles. The Bertz CT molecular complexity index is 559. The topological polar surface area (TPSA) is 29.1 Å². The van der Waals surface area contributed by atoms with E-state index in [9.17, 15) is 13.6 Å². The molecule has 0 fully saturated rings. The third-order valence-corrected chi connectivity index (χ3v) is 2.63. The lowest BCUT2D eigenvalue weighted by Crippen LogP contribution is -2.17. The quantitative estimate of drug-likeness (QED) is 0.868. The van der Waals surface area contributed by atoms with Gasteiger partial charge in [-0.25, -0.2) is 8.78 Å². The van der Waals surface area contributed by atoms with Crippen LogP contribution in [-0.4, -0.2) is 13.0 Å². The maximum atomic E-state index is 13.5. The molecule has 0 saturated carbocycles. The summed E-state index contributed by atoms with van der Waals surface area (Å²) in [6, 6.07) is 9.81. The maximum Gasteiger partial charge on any atom is 0.251 e. The minimum Gasteiger partial charge on any atom is -0.355 e. The van der Waals surface area contributed by atoms with Crippen molar-refractivity contribution < 1.29 is 13.6 Å². The largest absolute Gasteiger partial charge is 0.355 e. The van der Waals surface area contributed by atoms with Crippen molar-refractivity contribution in [3.63, 3.8) is 0 Å². The number of carbonyl (C=O) groups is 1. The Morgan fingerprint density at radius 3 is 2.06 bits per heavy atom. The molecule has 0 bridgehead atoms. The number of carbonyl (C=O) groups excluding carboxylic acids is 1. The Labute approximate surface area is 103 Å². The smallest absolute Gasteiger partial charge is 0.251 e. The van der Waals surface area contributed by atoms with Crippen LogP contribution in [0.4, 0.5) is 8.78 Å². The Balaban J connectivity index is 2.44. The van der Waals surface area contributed by atoms with E-state index in [1.54, 1.807) is 0 Å². The Morgan fingerprint density at radius 1 is 1.00 bits per heavy atom. The lowest BCUT2D eigenvalue weighted by atomic mass is 10.0. The van der Waals surface area contributed by atoms with Crippen LogP contribution in [0.5, 0.6) is 0 Å². The number of amides is 1. The first-order chi connectivity index (χ1) is 8.63. The Hall–Kier alpha value is -2.23. The molecule has 18 heavy (non-hydrogen) atoms. The normalized spacial score (nSPS) is 10.2. The average molecular weight is 247 g/mol. The van der Waals surface area contributed by atoms with Crippen LogP contribution in [0.2, 0.25) is 0 Å². The van der Waals surface area contributed by atoms with Gasteiger partial charge in [-0.05, 0) is 29.8 Å². The summed E-state index contributed by atoms with van der Waals surface area (Å²) < 4.78 is 27.1. The van der Waals surface area contributed by atoms with E-state index in [4.69, 9.17) is 0 Å². The Kier molecular flexibility index (Phi) is 3.37. The number of hydrogen-bond acceptors (Lipinski definition) is 1. The minimum absolute atomic E-state index is 0.0824. The lowest BCUT2D eigenvalue weighted by Gasteiger charge is -2.06. The SMILES string of the molecule is CNC(=O)c1ccc(-c2c(F)cccc2F)cc1. The summed E-state index contributed by atoms with van der Waals surface area (Å²) in [6.07, 6.45) is 0. The number of hydrogen-bond donors (Lipinski definition) is 1. The van der Waals surface area contributed by atoms with Gasteiger partial charge in [0.05, 0.1) is 5.56 Å². The minimum atomic E-state index is -0.623. The second-order valence-electron chi connectivity index (χ2n) is 3.75. The molecule has 4 heteroatoms. The molecule has 0 aromatic heterocycles. The molecule has 0 aliphatic carbocycles. The third-order valence-electron chi connectivity index (χ3n) is 2.63. The van der Waals surface area contributed by atoms with Gasteiger partial charge in [-0.1, -0.05) is 18.2 Å². The number of halogens is 2. The van der Waals surface area contributed by atoms with Crippen LogP contribution in [-0.2, 0) is 0 Å². The summed E-state index contributed by atoms with van der Waals surface area (Å²) in [4.78, 5) is 11.3. The van der Waals surface area contributed by atoms with Gasteiger partial charge in [0.15, 0.2) is 0 Å². The van der Waals surface area contributed by atoms with Gasteiger partial charge >= 0.3 is 0 Å². The molecule has 1 N–H and O–H groups in total. The molecule has 2 rings (SSSR count). The van der Waals surface area contributed by atoms with E-state index < -0.39 is 11.6 Å². The van der Waals surface area contributed by atoms with Crippen molar-refractivity contribution >= 4 is 5.91 Å². The zero-order valence-electron chi connectivity index (χ0n) is 9.71. The van der Waals surface area contributed by atoms with Gasteiger partial charge < -0.3 is 5.32 Å². The first-order valence-electron chi connectivity index (χ1n) is 5.40. The van der Waals surface area contributed by atoms with Crippen LogP contribution in [0, 0.1) is 11.6 Å². The van der Waals surface area contributed by atoms with Gasteiger partial charge in [0.2, 0.25) is 0 Å². The van der Waals surface area contributed by atoms with Gasteiger partial charge in [0, 0.05) is 12.6 Å². The number of nitrogens with one attached hydrogen (secondary N) is 1. The van der Waals surface area contributed by atoms with E-state index in [2.05, 4.69) is 5.32 Å². The molecule has 92 valence electrons. The van der Waals surface area contributed by atoms with Gasteiger partial charge in [-0.3, -0.25) is 4.79 Å². The molecule has 0 atom stereocenters. The summed E-state index contributed by atoms with van der Waals surface area (Å²) in [7, 11) is 1.52. The highest BCUT2D eigenvalue weighted by Crippen LogP contribution is 2.25. The number of benzene rings is 2. The summed E-state index contributed by atoms with van der Waals surface area (Å²) in [5, 5.41) is 2.48. The zero-order chi connectivity index (χ0) is 13.1. The fraction of sp³-hybridized carbons (Fsp3) is 0.0714. The van der Waals surface area contributed by atoms with Crippen molar-refractivity contribution in [2.24, 2.45) is 0 Å². The molecule has 2 nitrogen and oxygen atoms in total. The van der Waals surface area contributed by atoms with E-state index in [0.29, 0.717) is 11.1 Å². The third kappa shape index (κ3) is 2.22. The van der Waals surface area contributed by atoms with E-state index in [-0.39, 0.29) is 11.5 Å². The standard InChI is InChI=1S/C14H11F2NO/c1-17-14(18)10-7-5-9(6-8-10)13-11(15)3-2-4-12(13)16/h2-8H,1H3,(H,17,18). The lowest BCUT2D eigenvalue weighted by molar-refractivity contribution is 0.0963. The monoisotopic (exact) mass is 247 g/mol. The summed E-state index contributed by atoms with van der Waals surface area (Å²) in [6.45, 7) is 0. The van der Waals surface area contributed by atoms with Crippen LogP contribution in [0.15, 0.2) is 42.5 Å². The molecule has 0 heterocycles. The van der Waals surface area contributed by atoms with Crippen molar-refractivity contribution in [1.82, 2.24) is 5.32 Å². The highest BCUT2D eigenvalue weighted by molar-refractivity contribution is 5.94. The average Bonchev–Trinajstić information content (AvgIpc) is 2.38. The summed E-state index contributed by atoms with van der Waals surface area (Å²) >= 11 is 0. The van der Waals surface area contributed by atoms with Gasteiger partial charge in [0.25, 0.3) is 5.91 Å². The van der Waals surface area contributed by atoms with E-state index in [0.717, 1.165) is 0 Å². The van der Waals surface area contributed by atoms with Crippen LogP contribution in [0.1, 0.15) is 10.4 Å². The first-order valence-corrected chi connectivity index (χ1v) is 5.40. The van der Waals surface area contributed by atoms with Gasteiger partial charge in [-0.2, -0.15) is 0 Å². The molecular weight excluding hydrogens is 236 g/mol. The first kappa shape index (κ1) is 12.2. The van der Waals surface area contributed by atoms with Gasteiger partial charge in [0.1, 0.15) is 11.6 Å². The molecule has 1 amide bonds. The molecule has 0 radical (unpaired) electrons.